The van der Waals surface area contributed by atoms with Crippen molar-refractivity contribution in [3.8, 4) is 16.6 Å². The summed E-state index contributed by atoms with van der Waals surface area (Å²) in [6.45, 7) is 9.93. The summed E-state index contributed by atoms with van der Waals surface area (Å²) in [6, 6.07) is 3.50. The molecule has 1 aliphatic rings. The monoisotopic (exact) mass is 528 g/mol. The molecule has 1 aliphatic carbocycles. The summed E-state index contributed by atoms with van der Waals surface area (Å²) in [5, 5.41) is 9.25. The molecular weight excluding hydrogens is 492 g/mol. The van der Waals surface area contributed by atoms with Crippen molar-refractivity contribution in [3.63, 3.8) is 0 Å². The number of aryl methyl sites for hydroxylation is 1. The van der Waals surface area contributed by atoms with E-state index in [0.717, 1.165) is 40.0 Å². The van der Waals surface area contributed by atoms with Crippen molar-refractivity contribution in [2.75, 3.05) is 6.61 Å². The number of aliphatic hydroxyl groups is 1. The van der Waals surface area contributed by atoms with Crippen molar-refractivity contribution in [2.45, 2.75) is 84.2 Å². The second kappa shape index (κ2) is 12.2. The van der Waals surface area contributed by atoms with Crippen LogP contribution in [0.4, 0.5) is 5.82 Å². The van der Waals surface area contributed by atoms with Gasteiger partial charge in [-0.3, -0.25) is 9.55 Å². The SMILES string of the molecule is Cc1cc(-c2cn(COCC[Si](C)(C)C)c(=Nc3cnc(CO)cn3)s2)nc(OC2CCCCC2)n1. The second-order valence-electron chi connectivity index (χ2n) is 10.4. The highest BCUT2D eigenvalue weighted by atomic mass is 32.1. The highest BCUT2D eigenvalue weighted by molar-refractivity contribution is 7.12. The van der Waals surface area contributed by atoms with Gasteiger partial charge < -0.3 is 14.6 Å². The predicted octanol–water partition coefficient (Wildman–Crippen LogP) is 4.85. The van der Waals surface area contributed by atoms with Gasteiger partial charge >= 0.3 is 6.01 Å². The number of rotatable bonds is 10. The molecule has 0 spiro atoms. The van der Waals surface area contributed by atoms with Crippen molar-refractivity contribution >= 4 is 25.2 Å². The molecule has 1 N–H and O–H groups in total. The lowest BCUT2D eigenvalue weighted by atomic mass is 9.98. The predicted molar refractivity (Wildman–Crippen MR) is 143 cm³/mol. The summed E-state index contributed by atoms with van der Waals surface area (Å²) in [7, 11) is -1.18. The van der Waals surface area contributed by atoms with Crippen LogP contribution in [0.2, 0.25) is 25.7 Å². The minimum absolute atomic E-state index is 0.153. The van der Waals surface area contributed by atoms with Gasteiger partial charge in [0.25, 0.3) is 0 Å². The Bertz CT molecular complexity index is 1200. The van der Waals surface area contributed by atoms with Crippen LogP contribution in [0.5, 0.6) is 6.01 Å². The molecule has 194 valence electrons. The molecule has 36 heavy (non-hydrogen) atoms. The van der Waals surface area contributed by atoms with E-state index in [9.17, 15) is 5.11 Å². The van der Waals surface area contributed by atoms with Crippen LogP contribution in [0, 0.1) is 6.92 Å². The van der Waals surface area contributed by atoms with Gasteiger partial charge in [0.2, 0.25) is 0 Å². The summed E-state index contributed by atoms with van der Waals surface area (Å²) in [6.07, 6.45) is 11.1. The number of ether oxygens (including phenoxy) is 2. The average molecular weight is 529 g/mol. The molecule has 9 nitrogen and oxygen atoms in total. The van der Waals surface area contributed by atoms with Gasteiger partial charge in [0.15, 0.2) is 10.6 Å². The third-order valence-electron chi connectivity index (χ3n) is 5.92. The maximum atomic E-state index is 9.25. The van der Waals surface area contributed by atoms with Gasteiger partial charge in [-0.1, -0.05) is 37.4 Å². The first-order valence-corrected chi connectivity index (χ1v) is 17.1. The maximum absolute atomic E-state index is 9.25. The Morgan fingerprint density at radius 2 is 1.94 bits per heavy atom. The molecule has 4 rings (SSSR count). The zero-order valence-electron chi connectivity index (χ0n) is 21.6. The summed E-state index contributed by atoms with van der Waals surface area (Å²) in [5.41, 5.74) is 2.17. The van der Waals surface area contributed by atoms with E-state index in [1.54, 1.807) is 6.20 Å². The van der Waals surface area contributed by atoms with E-state index in [1.165, 1.54) is 36.8 Å². The Hall–Kier alpha value is -2.47. The number of hydrogen-bond acceptors (Lipinski definition) is 9. The fraction of sp³-hybridized carbons (Fsp3) is 0.560. The molecule has 0 atom stereocenters. The van der Waals surface area contributed by atoms with Crippen LogP contribution in [-0.2, 0) is 18.1 Å². The molecule has 0 bridgehead atoms. The zero-order valence-corrected chi connectivity index (χ0v) is 23.4. The quantitative estimate of drug-likeness (QED) is 0.296. The van der Waals surface area contributed by atoms with Crippen LogP contribution < -0.4 is 9.54 Å². The molecule has 1 fully saturated rings. The lowest BCUT2D eigenvalue weighted by molar-refractivity contribution is 0.0855. The van der Waals surface area contributed by atoms with Gasteiger partial charge in [0.1, 0.15) is 12.8 Å². The lowest BCUT2D eigenvalue weighted by Gasteiger charge is -2.21. The van der Waals surface area contributed by atoms with Gasteiger partial charge in [-0.05, 0) is 44.7 Å². The van der Waals surface area contributed by atoms with Crippen LogP contribution in [0.1, 0.15) is 43.5 Å². The lowest BCUT2D eigenvalue weighted by Crippen LogP contribution is -2.23. The minimum atomic E-state index is -1.18. The summed E-state index contributed by atoms with van der Waals surface area (Å²) >= 11 is 1.51. The zero-order chi connectivity index (χ0) is 25.5. The smallest absolute Gasteiger partial charge is 0.317 e. The molecule has 3 heterocycles. The molecule has 0 radical (unpaired) electrons. The highest BCUT2D eigenvalue weighted by Gasteiger charge is 2.18. The van der Waals surface area contributed by atoms with E-state index in [-0.39, 0.29) is 12.7 Å². The van der Waals surface area contributed by atoms with Gasteiger partial charge in [0.05, 0.1) is 35.3 Å². The molecule has 1 saturated carbocycles. The first kappa shape index (κ1) is 26.6. The number of aliphatic hydroxyl groups excluding tert-OH is 1. The Balaban J connectivity index is 1.62. The van der Waals surface area contributed by atoms with Gasteiger partial charge in [-0.25, -0.2) is 9.97 Å². The number of aromatic nitrogens is 5. The Labute approximate surface area is 217 Å². The van der Waals surface area contributed by atoms with Gasteiger partial charge in [-0.2, -0.15) is 9.98 Å². The van der Waals surface area contributed by atoms with E-state index in [4.69, 9.17) is 19.5 Å². The van der Waals surface area contributed by atoms with Crippen molar-refractivity contribution in [2.24, 2.45) is 4.99 Å². The van der Waals surface area contributed by atoms with E-state index < -0.39 is 8.07 Å². The Morgan fingerprint density at radius 3 is 2.64 bits per heavy atom. The van der Waals surface area contributed by atoms with E-state index >= 15 is 0 Å². The Kier molecular flexibility index (Phi) is 8.99. The molecule has 3 aromatic heterocycles. The number of nitrogens with zero attached hydrogens (tertiary/aromatic N) is 6. The normalized spacial score (nSPS) is 15.4. The molecule has 0 amide bonds. The van der Waals surface area contributed by atoms with E-state index in [2.05, 4.69) is 34.6 Å². The minimum Gasteiger partial charge on any atom is -0.460 e. The van der Waals surface area contributed by atoms with Crippen LogP contribution in [0.25, 0.3) is 10.6 Å². The third-order valence-corrected chi connectivity index (χ3v) is 8.67. The second-order valence-corrected chi connectivity index (χ2v) is 17.0. The topological polar surface area (TPSA) is 108 Å². The maximum Gasteiger partial charge on any atom is 0.317 e. The van der Waals surface area contributed by atoms with Crippen molar-refractivity contribution < 1.29 is 14.6 Å². The number of thiazole rings is 1. The largest absolute Gasteiger partial charge is 0.460 e. The summed E-state index contributed by atoms with van der Waals surface area (Å²) in [4.78, 5) is 24.2. The fourth-order valence-corrected chi connectivity index (χ4v) is 5.56. The van der Waals surface area contributed by atoms with Gasteiger partial charge in [-0.15, -0.1) is 0 Å². The fourth-order valence-electron chi connectivity index (χ4n) is 3.86. The Morgan fingerprint density at radius 1 is 1.14 bits per heavy atom. The molecule has 0 saturated heterocycles. The summed E-state index contributed by atoms with van der Waals surface area (Å²) in [5.74, 6) is 0.469. The third kappa shape index (κ3) is 7.76. The van der Waals surface area contributed by atoms with Gasteiger partial charge in [0, 0.05) is 26.6 Å². The van der Waals surface area contributed by atoms with Crippen LogP contribution in [0.15, 0.2) is 29.6 Å². The first-order valence-electron chi connectivity index (χ1n) is 12.6. The molecular formula is C25H36N6O3SSi. The van der Waals surface area contributed by atoms with Crippen LogP contribution in [-0.4, -0.2) is 50.4 Å². The van der Waals surface area contributed by atoms with E-state index in [1.807, 2.05) is 23.8 Å². The highest BCUT2D eigenvalue weighted by Crippen LogP contribution is 2.26. The van der Waals surface area contributed by atoms with Crippen molar-refractivity contribution in [3.05, 3.63) is 40.8 Å². The molecule has 0 aromatic carbocycles. The molecule has 0 aliphatic heterocycles. The number of hydrogen-bond donors (Lipinski definition) is 1. The van der Waals surface area contributed by atoms with E-state index in [0.29, 0.717) is 30.9 Å². The van der Waals surface area contributed by atoms with Crippen LogP contribution >= 0.6 is 11.3 Å². The molecule has 0 unspecified atom stereocenters. The van der Waals surface area contributed by atoms with Crippen molar-refractivity contribution in [1.82, 2.24) is 24.5 Å². The first-order chi connectivity index (χ1) is 17.3. The molecule has 3 aromatic rings. The average Bonchev–Trinajstić information content (AvgIpc) is 3.24. The van der Waals surface area contributed by atoms with Crippen LogP contribution in [0.3, 0.4) is 0 Å². The van der Waals surface area contributed by atoms with Crippen molar-refractivity contribution in [1.29, 1.82) is 0 Å². The standard InChI is InChI=1S/C25H36N6O3SSi/c1-18-12-21(29-24(28-18)34-20-8-6-5-7-9-20)22-15-31(17-33-10-11-36(2,3)4)25(35-22)30-23-14-26-19(16-32)13-27-23/h12-15,20,32H,5-11,16-17H2,1-4H3. The summed E-state index contributed by atoms with van der Waals surface area (Å²) < 4.78 is 14.2. The molecule has 11 heteroatoms.